The predicted octanol–water partition coefficient (Wildman–Crippen LogP) is 2.70. The van der Waals surface area contributed by atoms with Gasteiger partial charge in [0.25, 0.3) is 5.91 Å². The van der Waals surface area contributed by atoms with Crippen LogP contribution in [0.4, 0.5) is 16.2 Å². The highest BCUT2D eigenvalue weighted by Crippen LogP contribution is 2.42. The Bertz CT molecular complexity index is 1350. The molecule has 0 unspecified atom stereocenters. The highest BCUT2D eigenvalue weighted by atomic mass is 32.2. The van der Waals surface area contributed by atoms with Crippen LogP contribution >= 0.6 is 0 Å². The summed E-state index contributed by atoms with van der Waals surface area (Å²) < 4.78 is 24.8. The maximum absolute atomic E-state index is 13.0. The summed E-state index contributed by atoms with van der Waals surface area (Å²) in [5.74, 6) is -0.0945. The number of amides is 3. The van der Waals surface area contributed by atoms with Crippen molar-refractivity contribution in [3.05, 3.63) is 48.0 Å². The van der Waals surface area contributed by atoms with E-state index in [0.717, 1.165) is 24.0 Å². The molecule has 0 radical (unpaired) electrons. The number of nitrogens with zero attached hydrogens (tertiary/aromatic N) is 4. The lowest BCUT2D eigenvalue weighted by Gasteiger charge is -2.40. The first-order valence-corrected chi connectivity index (χ1v) is 14.2. The van der Waals surface area contributed by atoms with Crippen molar-refractivity contribution >= 4 is 39.3 Å². The minimum atomic E-state index is -3.27. The van der Waals surface area contributed by atoms with Crippen molar-refractivity contribution in [2.24, 2.45) is 5.92 Å². The molecule has 2 aromatic carbocycles. The van der Waals surface area contributed by atoms with E-state index in [9.17, 15) is 27.9 Å². The van der Waals surface area contributed by atoms with Crippen LogP contribution in [0.1, 0.15) is 30.1 Å². The van der Waals surface area contributed by atoms with Crippen molar-refractivity contribution in [1.82, 2.24) is 9.21 Å². The lowest BCUT2D eigenvalue weighted by atomic mass is 9.99. The number of fused-ring (bicyclic) bond motifs is 1. The third kappa shape index (κ3) is 4.93. The fourth-order valence-electron chi connectivity index (χ4n) is 5.06. The second-order valence-corrected chi connectivity index (χ2v) is 11.9. The number of carbonyl (C=O) groups is 3. The topological polar surface area (TPSA) is 119 Å². The summed E-state index contributed by atoms with van der Waals surface area (Å²) >= 11 is 0. The molecule has 5 rings (SSSR count). The number of carboxylic acid groups (broad SMARTS) is 1. The third-order valence-corrected chi connectivity index (χ3v) is 8.57. The molecule has 0 bridgehead atoms. The summed E-state index contributed by atoms with van der Waals surface area (Å²) in [6.45, 7) is 3.28. The standard InChI is InChI=1S/C26H30N4O6S/c1-17-16-29(26(33)34)23-15-21(9-10-22(23)30(17)25(32)20-7-8-20)18-3-5-19(6-4-18)24(31)27-11-13-28(14-12-27)37(2,35)36/h3-6,9-10,15,17,20H,7-8,11-14,16H2,1-2H3,(H,33,34)/t17-/m0/s1. The minimum Gasteiger partial charge on any atom is -0.465 e. The monoisotopic (exact) mass is 526 g/mol. The molecule has 1 aliphatic carbocycles. The second kappa shape index (κ2) is 9.46. The maximum atomic E-state index is 13.0. The third-order valence-electron chi connectivity index (χ3n) is 7.27. The highest BCUT2D eigenvalue weighted by Gasteiger charge is 2.41. The lowest BCUT2D eigenvalue weighted by molar-refractivity contribution is -0.120. The maximum Gasteiger partial charge on any atom is 0.411 e. The van der Waals surface area contributed by atoms with Crippen LogP contribution in [0.3, 0.4) is 0 Å². The highest BCUT2D eigenvalue weighted by molar-refractivity contribution is 7.88. The number of hydrogen-bond donors (Lipinski definition) is 1. The SMILES string of the molecule is C[C@H]1CN(C(=O)O)c2cc(-c3ccc(C(=O)N4CCN(S(C)(=O)=O)CC4)cc3)ccc2N1C(=O)C1CC1. The van der Waals surface area contributed by atoms with Gasteiger partial charge in [-0.2, -0.15) is 4.31 Å². The van der Waals surface area contributed by atoms with Crippen molar-refractivity contribution in [3.8, 4) is 11.1 Å². The molecule has 2 aromatic rings. The summed E-state index contributed by atoms with van der Waals surface area (Å²) in [5.41, 5.74) is 3.16. The molecule has 10 nitrogen and oxygen atoms in total. The van der Waals surface area contributed by atoms with Crippen molar-refractivity contribution in [3.63, 3.8) is 0 Å². The fourth-order valence-corrected chi connectivity index (χ4v) is 5.89. The van der Waals surface area contributed by atoms with E-state index in [1.807, 2.05) is 25.1 Å². The quantitative estimate of drug-likeness (QED) is 0.655. The predicted molar refractivity (Wildman–Crippen MR) is 139 cm³/mol. The van der Waals surface area contributed by atoms with E-state index in [-0.39, 0.29) is 43.4 Å². The van der Waals surface area contributed by atoms with Gasteiger partial charge in [0.15, 0.2) is 0 Å². The van der Waals surface area contributed by atoms with Gasteiger partial charge in [0.1, 0.15) is 0 Å². The molecule has 1 saturated carbocycles. The van der Waals surface area contributed by atoms with Gasteiger partial charge < -0.3 is 14.9 Å². The van der Waals surface area contributed by atoms with Crippen LogP contribution in [0.25, 0.3) is 11.1 Å². The minimum absolute atomic E-state index is 0.0192. The van der Waals surface area contributed by atoms with Gasteiger partial charge in [0.05, 0.1) is 23.7 Å². The molecule has 2 heterocycles. The molecule has 3 amide bonds. The van der Waals surface area contributed by atoms with Gasteiger partial charge in [-0.1, -0.05) is 18.2 Å². The molecule has 11 heteroatoms. The zero-order valence-electron chi connectivity index (χ0n) is 20.8. The Morgan fingerprint density at radius 1 is 0.892 bits per heavy atom. The Labute approximate surface area is 216 Å². The molecule has 1 atom stereocenters. The van der Waals surface area contributed by atoms with E-state index in [0.29, 0.717) is 30.0 Å². The van der Waals surface area contributed by atoms with E-state index in [2.05, 4.69) is 0 Å². The summed E-state index contributed by atoms with van der Waals surface area (Å²) in [6.07, 6.45) is 1.84. The van der Waals surface area contributed by atoms with Gasteiger partial charge >= 0.3 is 6.09 Å². The van der Waals surface area contributed by atoms with E-state index < -0.39 is 16.1 Å². The van der Waals surface area contributed by atoms with Gasteiger partial charge in [-0.3, -0.25) is 14.5 Å². The van der Waals surface area contributed by atoms with Gasteiger partial charge in [-0.15, -0.1) is 0 Å². The largest absolute Gasteiger partial charge is 0.465 e. The summed E-state index contributed by atoms with van der Waals surface area (Å²) in [7, 11) is -3.27. The number of rotatable bonds is 4. The van der Waals surface area contributed by atoms with Gasteiger partial charge in [-0.25, -0.2) is 13.2 Å². The van der Waals surface area contributed by atoms with E-state index in [1.165, 1.54) is 15.5 Å². The molecule has 2 aliphatic heterocycles. The number of hydrogen-bond acceptors (Lipinski definition) is 5. The Hall–Kier alpha value is -3.44. The molecule has 37 heavy (non-hydrogen) atoms. The van der Waals surface area contributed by atoms with Crippen molar-refractivity contribution in [2.45, 2.75) is 25.8 Å². The van der Waals surface area contributed by atoms with E-state index in [1.54, 1.807) is 34.1 Å². The molecular formula is C26H30N4O6S. The number of benzene rings is 2. The fraction of sp³-hybridized carbons (Fsp3) is 0.423. The molecule has 0 spiro atoms. The molecule has 1 N–H and O–H groups in total. The van der Waals surface area contributed by atoms with E-state index >= 15 is 0 Å². The molecule has 196 valence electrons. The number of anilines is 2. The average Bonchev–Trinajstić information content (AvgIpc) is 3.72. The molecule has 1 saturated heterocycles. The molecule has 0 aromatic heterocycles. The zero-order chi connectivity index (χ0) is 26.5. The Morgan fingerprint density at radius 2 is 1.51 bits per heavy atom. The first-order valence-electron chi connectivity index (χ1n) is 12.4. The van der Waals surface area contributed by atoms with Crippen LogP contribution in [0.2, 0.25) is 0 Å². The molecule has 2 fully saturated rings. The zero-order valence-corrected chi connectivity index (χ0v) is 21.6. The Morgan fingerprint density at radius 3 is 2.08 bits per heavy atom. The van der Waals surface area contributed by atoms with Crippen molar-refractivity contribution in [1.29, 1.82) is 0 Å². The first kappa shape index (κ1) is 25.2. The summed E-state index contributed by atoms with van der Waals surface area (Å²) in [6, 6.07) is 12.3. The Balaban J connectivity index is 1.37. The van der Waals surface area contributed by atoms with Crippen LogP contribution in [-0.2, 0) is 14.8 Å². The van der Waals surface area contributed by atoms with Gasteiger partial charge in [0, 0.05) is 44.2 Å². The normalized spacial score (nSPS) is 20.5. The summed E-state index contributed by atoms with van der Waals surface area (Å²) in [5, 5.41) is 9.84. The van der Waals surface area contributed by atoms with Gasteiger partial charge in [0.2, 0.25) is 15.9 Å². The van der Waals surface area contributed by atoms with Crippen LogP contribution in [0, 0.1) is 5.92 Å². The van der Waals surface area contributed by atoms with Gasteiger partial charge in [-0.05, 0) is 55.2 Å². The first-order chi connectivity index (χ1) is 17.5. The van der Waals surface area contributed by atoms with Crippen LogP contribution in [-0.4, -0.2) is 85.7 Å². The van der Waals surface area contributed by atoms with Crippen molar-refractivity contribution < 1.29 is 27.9 Å². The van der Waals surface area contributed by atoms with Crippen LogP contribution < -0.4 is 9.80 Å². The van der Waals surface area contributed by atoms with Crippen molar-refractivity contribution in [2.75, 3.05) is 48.8 Å². The smallest absolute Gasteiger partial charge is 0.411 e. The van der Waals surface area contributed by atoms with Crippen LogP contribution in [0.5, 0.6) is 0 Å². The lowest BCUT2D eigenvalue weighted by Crippen LogP contribution is -2.52. The summed E-state index contributed by atoms with van der Waals surface area (Å²) in [4.78, 5) is 42.6. The number of carbonyl (C=O) groups excluding carboxylic acids is 2. The second-order valence-electron chi connectivity index (χ2n) is 9.96. The number of sulfonamides is 1. The average molecular weight is 527 g/mol. The molecular weight excluding hydrogens is 496 g/mol. The van der Waals surface area contributed by atoms with E-state index in [4.69, 9.17) is 0 Å². The Kier molecular flexibility index (Phi) is 6.45. The molecule has 3 aliphatic rings. The van der Waals surface area contributed by atoms with Crippen LogP contribution in [0.15, 0.2) is 42.5 Å². The number of piperazine rings is 1.